The molecule has 37 heavy (non-hydrogen) atoms. The number of hydrogen-bond acceptors (Lipinski definition) is 8. The Morgan fingerprint density at radius 1 is 1.16 bits per heavy atom. The Bertz CT molecular complexity index is 1560. The van der Waals surface area contributed by atoms with Gasteiger partial charge >= 0.3 is 5.97 Å². The standard InChI is InChI=1S/C17H11ClN2O3S.C9H11N3O/c18-16-6-5-15(24-16)14-8-11(19-23-14)9-20-12-4-2-1-3-10(12)7-13(20)17(21)22;10-6-8-5-9(12-13-8)7-1-3-11-4-2-7/h1-8H,9H2,(H,21,22);1-4,8H,5-6,10H2. The van der Waals surface area contributed by atoms with Gasteiger partial charge < -0.3 is 24.8 Å². The molecule has 9 nitrogen and oxygen atoms in total. The number of benzene rings is 1. The molecule has 6 rings (SSSR count). The third kappa shape index (κ3) is 5.56. The van der Waals surface area contributed by atoms with Crippen LogP contribution in [0.25, 0.3) is 21.5 Å². The number of rotatable bonds is 6. The highest BCUT2D eigenvalue weighted by molar-refractivity contribution is 7.19. The van der Waals surface area contributed by atoms with Gasteiger partial charge in [0, 0.05) is 47.9 Å². The average Bonchev–Trinajstić information content (AvgIpc) is 3.72. The molecule has 1 aromatic carbocycles. The van der Waals surface area contributed by atoms with Crippen molar-refractivity contribution in [1.82, 2.24) is 14.7 Å². The number of thiophene rings is 1. The summed E-state index contributed by atoms with van der Waals surface area (Å²) in [6.07, 6.45) is 4.32. The van der Waals surface area contributed by atoms with Crippen LogP contribution in [-0.2, 0) is 11.4 Å². The maximum Gasteiger partial charge on any atom is 0.352 e. The van der Waals surface area contributed by atoms with Crippen molar-refractivity contribution in [3.63, 3.8) is 0 Å². The molecule has 0 aliphatic carbocycles. The van der Waals surface area contributed by atoms with Gasteiger partial charge in [-0.05, 0) is 36.4 Å². The fraction of sp³-hybridized carbons (Fsp3) is 0.154. The number of aromatic carboxylic acids is 1. The van der Waals surface area contributed by atoms with Crippen molar-refractivity contribution in [1.29, 1.82) is 0 Å². The maximum atomic E-state index is 11.5. The van der Waals surface area contributed by atoms with Crippen molar-refractivity contribution >= 4 is 45.5 Å². The maximum absolute atomic E-state index is 11.5. The van der Waals surface area contributed by atoms with Gasteiger partial charge in [0.25, 0.3) is 0 Å². The summed E-state index contributed by atoms with van der Waals surface area (Å²) in [4.78, 5) is 21.5. The third-order valence-electron chi connectivity index (χ3n) is 5.73. The number of hydrogen-bond donors (Lipinski definition) is 2. The molecular weight excluding hydrogens is 514 g/mol. The van der Waals surface area contributed by atoms with E-state index in [2.05, 4.69) is 15.3 Å². The monoisotopic (exact) mass is 535 g/mol. The fourth-order valence-corrected chi connectivity index (χ4v) is 4.93. The van der Waals surface area contributed by atoms with E-state index in [0.717, 1.165) is 33.5 Å². The van der Waals surface area contributed by atoms with Gasteiger partial charge in [-0.1, -0.05) is 40.1 Å². The molecule has 1 aliphatic rings. The molecule has 3 N–H and O–H groups in total. The largest absolute Gasteiger partial charge is 0.477 e. The van der Waals surface area contributed by atoms with E-state index in [1.807, 2.05) is 48.5 Å². The number of pyridine rings is 1. The number of para-hydroxylation sites is 1. The summed E-state index contributed by atoms with van der Waals surface area (Å²) in [7, 11) is 0. The Hall–Kier alpha value is -3.99. The molecule has 0 radical (unpaired) electrons. The number of fused-ring (bicyclic) bond motifs is 1. The molecule has 0 saturated carbocycles. The first-order valence-electron chi connectivity index (χ1n) is 11.4. The summed E-state index contributed by atoms with van der Waals surface area (Å²) in [6.45, 7) is 0.829. The normalized spacial score (nSPS) is 14.6. The molecule has 0 spiro atoms. The topological polar surface area (TPSA) is 129 Å². The second-order valence-electron chi connectivity index (χ2n) is 8.21. The Balaban J connectivity index is 0.000000182. The Labute approximate surface area is 220 Å². The lowest BCUT2D eigenvalue weighted by molar-refractivity contribution is 0.0686. The number of aromatic nitrogens is 3. The van der Waals surface area contributed by atoms with E-state index in [-0.39, 0.29) is 11.8 Å². The predicted octanol–water partition coefficient (Wildman–Crippen LogP) is 5.29. The summed E-state index contributed by atoms with van der Waals surface area (Å²) in [5, 5.41) is 18.4. The van der Waals surface area contributed by atoms with Crippen LogP contribution in [-0.4, -0.2) is 44.1 Å². The SMILES string of the molecule is NCC1CC(c2ccncc2)=NO1.O=C(O)c1cc2ccccc2n1Cc1cc(-c2ccc(Cl)s2)on1. The van der Waals surface area contributed by atoms with Gasteiger partial charge in [-0.3, -0.25) is 4.98 Å². The highest BCUT2D eigenvalue weighted by Gasteiger charge is 2.20. The van der Waals surface area contributed by atoms with Gasteiger partial charge in [-0.2, -0.15) is 0 Å². The number of nitrogens with two attached hydrogens (primary N) is 1. The molecular formula is C26H22ClN5O4S. The van der Waals surface area contributed by atoms with Gasteiger partial charge in [0.2, 0.25) is 0 Å². The minimum absolute atomic E-state index is 0.0446. The minimum Gasteiger partial charge on any atom is -0.477 e. The van der Waals surface area contributed by atoms with Crippen LogP contribution in [0.5, 0.6) is 0 Å². The average molecular weight is 536 g/mol. The molecule has 188 valence electrons. The zero-order valence-corrected chi connectivity index (χ0v) is 21.0. The summed E-state index contributed by atoms with van der Waals surface area (Å²) < 4.78 is 7.76. The van der Waals surface area contributed by atoms with Crippen LogP contribution >= 0.6 is 22.9 Å². The zero-order valence-electron chi connectivity index (χ0n) is 19.5. The first-order valence-corrected chi connectivity index (χ1v) is 12.6. The van der Waals surface area contributed by atoms with E-state index in [0.29, 0.717) is 28.9 Å². The molecule has 1 atom stereocenters. The van der Waals surface area contributed by atoms with Crippen LogP contribution in [0.4, 0.5) is 0 Å². The van der Waals surface area contributed by atoms with Crippen molar-refractivity contribution in [2.75, 3.05) is 6.54 Å². The molecule has 0 saturated heterocycles. The molecule has 0 fully saturated rings. The van der Waals surface area contributed by atoms with Gasteiger partial charge in [0.05, 0.1) is 21.5 Å². The number of halogens is 1. The van der Waals surface area contributed by atoms with Crippen molar-refractivity contribution in [2.24, 2.45) is 10.9 Å². The first kappa shape index (κ1) is 24.7. The lowest BCUT2D eigenvalue weighted by Crippen LogP contribution is -2.20. The molecule has 1 aliphatic heterocycles. The number of nitrogens with zero attached hydrogens (tertiary/aromatic N) is 4. The number of carboxylic acids is 1. The summed E-state index contributed by atoms with van der Waals surface area (Å²) >= 11 is 7.34. The van der Waals surface area contributed by atoms with E-state index in [1.165, 1.54) is 11.3 Å². The van der Waals surface area contributed by atoms with Crippen LogP contribution in [0.3, 0.4) is 0 Å². The van der Waals surface area contributed by atoms with Gasteiger partial charge in [0.15, 0.2) is 5.76 Å². The quantitative estimate of drug-likeness (QED) is 0.302. The molecule has 1 unspecified atom stereocenters. The van der Waals surface area contributed by atoms with Gasteiger partial charge in [-0.25, -0.2) is 4.79 Å². The summed E-state index contributed by atoms with van der Waals surface area (Å²) in [5.74, 6) is -0.352. The van der Waals surface area contributed by atoms with Crippen molar-refractivity contribution < 1.29 is 19.3 Å². The first-order chi connectivity index (χ1) is 18.0. The lowest BCUT2D eigenvalue weighted by Gasteiger charge is -2.05. The van der Waals surface area contributed by atoms with Crippen LogP contribution in [0.1, 0.15) is 28.2 Å². The smallest absolute Gasteiger partial charge is 0.352 e. The predicted molar refractivity (Wildman–Crippen MR) is 142 cm³/mol. The minimum atomic E-state index is -0.972. The third-order valence-corrected chi connectivity index (χ3v) is 6.98. The molecule has 0 amide bonds. The molecule has 4 aromatic heterocycles. The Morgan fingerprint density at radius 3 is 2.68 bits per heavy atom. The summed E-state index contributed by atoms with van der Waals surface area (Å²) in [6, 6.07) is 18.5. The molecule has 11 heteroatoms. The number of carboxylic acid groups (broad SMARTS) is 1. The van der Waals surface area contributed by atoms with E-state index < -0.39 is 5.97 Å². The van der Waals surface area contributed by atoms with Gasteiger partial charge in [0.1, 0.15) is 17.5 Å². The number of oxime groups is 1. The van der Waals surface area contributed by atoms with Crippen LogP contribution in [0, 0.1) is 0 Å². The van der Waals surface area contributed by atoms with Crippen molar-refractivity contribution in [2.45, 2.75) is 19.1 Å². The zero-order chi connectivity index (χ0) is 25.8. The van der Waals surface area contributed by atoms with E-state index in [4.69, 9.17) is 26.7 Å². The lowest BCUT2D eigenvalue weighted by atomic mass is 10.1. The number of carbonyl (C=O) groups is 1. The summed E-state index contributed by atoms with van der Waals surface area (Å²) in [5.41, 5.74) is 9.20. The highest BCUT2D eigenvalue weighted by Crippen LogP contribution is 2.32. The Morgan fingerprint density at radius 2 is 1.97 bits per heavy atom. The Kier molecular flexibility index (Phi) is 7.31. The van der Waals surface area contributed by atoms with Crippen LogP contribution in [0.15, 0.2) is 82.7 Å². The highest BCUT2D eigenvalue weighted by atomic mass is 35.5. The van der Waals surface area contributed by atoms with E-state index >= 15 is 0 Å². The second kappa shape index (κ2) is 11.0. The van der Waals surface area contributed by atoms with Gasteiger partial charge in [-0.15, -0.1) is 11.3 Å². The van der Waals surface area contributed by atoms with Crippen LogP contribution < -0.4 is 5.73 Å². The fourth-order valence-electron chi connectivity index (χ4n) is 3.94. The van der Waals surface area contributed by atoms with E-state index in [1.54, 1.807) is 29.1 Å². The van der Waals surface area contributed by atoms with Crippen molar-refractivity contribution in [3.05, 3.63) is 94.3 Å². The molecule has 5 heterocycles. The van der Waals surface area contributed by atoms with Crippen LogP contribution in [0.2, 0.25) is 4.34 Å². The molecule has 5 aromatic rings. The van der Waals surface area contributed by atoms with Crippen molar-refractivity contribution in [3.8, 4) is 10.6 Å². The molecule has 0 bridgehead atoms. The second-order valence-corrected chi connectivity index (χ2v) is 9.92. The van der Waals surface area contributed by atoms with E-state index in [9.17, 15) is 9.90 Å².